The van der Waals surface area contributed by atoms with Crippen molar-refractivity contribution in [3.8, 4) is 0 Å². The molecule has 0 radical (unpaired) electrons. The van der Waals surface area contributed by atoms with Crippen molar-refractivity contribution in [2.75, 3.05) is 0 Å². The number of tetrazole rings is 1. The summed E-state index contributed by atoms with van der Waals surface area (Å²) in [6.45, 7) is 7.36. The number of rotatable bonds is 9. The van der Waals surface area contributed by atoms with Crippen molar-refractivity contribution in [3.63, 3.8) is 0 Å². The highest BCUT2D eigenvalue weighted by Crippen LogP contribution is 2.28. The van der Waals surface area contributed by atoms with E-state index in [4.69, 9.17) is 4.42 Å². The minimum atomic E-state index is -0.289. The van der Waals surface area contributed by atoms with Gasteiger partial charge in [0.2, 0.25) is 0 Å². The molecular weight excluding hydrogens is 471 g/mol. The Morgan fingerprint density at radius 3 is 2.59 bits per heavy atom. The average Bonchev–Trinajstić information content (AvgIpc) is 3.57. The highest BCUT2D eigenvalue weighted by Gasteiger charge is 2.27. The van der Waals surface area contributed by atoms with E-state index in [0.717, 1.165) is 33.4 Å². The van der Waals surface area contributed by atoms with Crippen LogP contribution in [0.25, 0.3) is 10.9 Å². The second-order valence-electron chi connectivity index (χ2n) is 9.34. The molecule has 8 nitrogen and oxygen atoms in total. The van der Waals surface area contributed by atoms with Crippen molar-refractivity contribution in [2.24, 2.45) is 0 Å². The first-order chi connectivity index (χ1) is 17.9. The lowest BCUT2D eigenvalue weighted by atomic mass is 10.0. The Labute approximate surface area is 213 Å². The minimum Gasteiger partial charge on any atom is -0.468 e. The molecule has 1 N–H and O–H groups in total. The molecule has 3 heterocycles. The van der Waals surface area contributed by atoms with E-state index in [1.807, 2.05) is 38.1 Å². The predicted molar refractivity (Wildman–Crippen MR) is 138 cm³/mol. The van der Waals surface area contributed by atoms with E-state index in [9.17, 15) is 9.18 Å². The standard InChI is InChI=1S/C28H29FN6O2/c1-4-25(27-31-32-33-35(27)15-20-9-11-22(29)12-10-20)34(17-23-6-5-13-37-23)16-21-14-24-18(2)7-8-19(3)26(24)30-28(21)36/h5-14,25H,4,15-17H2,1-3H3,(H,30,36)/t25-/m1/s1. The zero-order valence-corrected chi connectivity index (χ0v) is 21.1. The lowest BCUT2D eigenvalue weighted by Crippen LogP contribution is -2.32. The van der Waals surface area contributed by atoms with Crippen LogP contribution in [0.2, 0.25) is 0 Å². The summed E-state index contributed by atoms with van der Waals surface area (Å²) in [5.41, 5.74) is 4.42. The highest BCUT2D eigenvalue weighted by atomic mass is 19.1. The van der Waals surface area contributed by atoms with E-state index in [1.165, 1.54) is 12.1 Å². The molecule has 0 aliphatic rings. The van der Waals surface area contributed by atoms with Crippen LogP contribution in [0.4, 0.5) is 4.39 Å². The van der Waals surface area contributed by atoms with Gasteiger partial charge in [0.1, 0.15) is 11.6 Å². The maximum absolute atomic E-state index is 13.4. The maximum atomic E-state index is 13.4. The Kier molecular flexibility index (Phi) is 6.96. The molecule has 0 aliphatic carbocycles. The molecule has 190 valence electrons. The first-order valence-corrected chi connectivity index (χ1v) is 12.3. The van der Waals surface area contributed by atoms with Gasteiger partial charge in [0, 0.05) is 17.5 Å². The number of benzene rings is 2. The zero-order valence-electron chi connectivity index (χ0n) is 21.1. The van der Waals surface area contributed by atoms with E-state index in [-0.39, 0.29) is 17.4 Å². The van der Waals surface area contributed by atoms with E-state index in [1.54, 1.807) is 23.1 Å². The Morgan fingerprint density at radius 1 is 1.08 bits per heavy atom. The summed E-state index contributed by atoms with van der Waals surface area (Å²) in [5.74, 6) is 1.16. The fraction of sp³-hybridized carbons (Fsp3) is 0.286. The molecule has 0 fully saturated rings. The first kappa shape index (κ1) is 24.6. The fourth-order valence-corrected chi connectivity index (χ4v) is 4.76. The molecule has 0 spiro atoms. The Morgan fingerprint density at radius 2 is 1.86 bits per heavy atom. The number of aromatic nitrogens is 5. The smallest absolute Gasteiger partial charge is 0.252 e. The molecule has 1 atom stereocenters. The predicted octanol–water partition coefficient (Wildman–Crippen LogP) is 5.07. The van der Waals surface area contributed by atoms with Gasteiger partial charge in [-0.05, 0) is 77.7 Å². The zero-order chi connectivity index (χ0) is 25.9. The molecule has 9 heteroatoms. The van der Waals surface area contributed by atoms with Crippen molar-refractivity contribution in [2.45, 2.75) is 52.9 Å². The second-order valence-corrected chi connectivity index (χ2v) is 9.34. The van der Waals surface area contributed by atoms with Gasteiger partial charge in [-0.15, -0.1) is 5.10 Å². The van der Waals surface area contributed by atoms with Crippen LogP contribution in [0.3, 0.4) is 0 Å². The molecular formula is C28H29FN6O2. The van der Waals surface area contributed by atoms with Crippen molar-refractivity contribution in [3.05, 3.63) is 111 Å². The van der Waals surface area contributed by atoms with Crippen LogP contribution in [-0.2, 0) is 19.6 Å². The van der Waals surface area contributed by atoms with Crippen LogP contribution >= 0.6 is 0 Å². The third-order valence-corrected chi connectivity index (χ3v) is 6.76. The number of H-pyrrole nitrogens is 1. The van der Waals surface area contributed by atoms with E-state index < -0.39 is 0 Å². The van der Waals surface area contributed by atoms with Crippen LogP contribution in [0.15, 0.2) is 70.1 Å². The number of nitrogens with one attached hydrogen (secondary N) is 1. The molecule has 0 saturated carbocycles. The summed E-state index contributed by atoms with van der Waals surface area (Å²) in [6, 6.07) is 15.9. The van der Waals surface area contributed by atoms with Gasteiger partial charge in [0.05, 0.1) is 30.9 Å². The van der Waals surface area contributed by atoms with Gasteiger partial charge in [-0.2, -0.15) is 0 Å². The number of fused-ring (bicyclic) bond motifs is 1. The number of furan rings is 1. The van der Waals surface area contributed by atoms with E-state index in [0.29, 0.717) is 37.4 Å². The summed E-state index contributed by atoms with van der Waals surface area (Å²) in [5, 5.41) is 13.5. The summed E-state index contributed by atoms with van der Waals surface area (Å²) >= 11 is 0. The number of nitrogens with zero attached hydrogens (tertiary/aromatic N) is 5. The topological polar surface area (TPSA) is 92.8 Å². The third-order valence-electron chi connectivity index (χ3n) is 6.76. The first-order valence-electron chi connectivity index (χ1n) is 12.3. The Balaban J connectivity index is 1.52. The monoisotopic (exact) mass is 500 g/mol. The number of aryl methyl sites for hydroxylation is 2. The largest absolute Gasteiger partial charge is 0.468 e. The number of aromatic amines is 1. The van der Waals surface area contributed by atoms with Gasteiger partial charge < -0.3 is 9.40 Å². The van der Waals surface area contributed by atoms with Gasteiger partial charge in [0.25, 0.3) is 5.56 Å². The van der Waals surface area contributed by atoms with Gasteiger partial charge >= 0.3 is 0 Å². The Hall–Kier alpha value is -4.11. The SMILES string of the molecule is CC[C@H](c1nnnn1Cc1ccc(F)cc1)N(Cc1ccco1)Cc1cc2c(C)ccc(C)c2[nH]c1=O. The maximum Gasteiger partial charge on any atom is 0.252 e. The van der Waals surface area contributed by atoms with Crippen molar-refractivity contribution >= 4 is 10.9 Å². The van der Waals surface area contributed by atoms with E-state index >= 15 is 0 Å². The Bertz CT molecular complexity index is 1560. The number of pyridine rings is 1. The molecule has 0 unspecified atom stereocenters. The lowest BCUT2D eigenvalue weighted by Gasteiger charge is -2.29. The number of halogens is 1. The van der Waals surface area contributed by atoms with Gasteiger partial charge in [0.15, 0.2) is 5.82 Å². The summed E-state index contributed by atoms with van der Waals surface area (Å²) in [4.78, 5) is 18.4. The van der Waals surface area contributed by atoms with Crippen molar-refractivity contribution in [1.82, 2.24) is 30.1 Å². The molecule has 0 bridgehead atoms. The molecule has 37 heavy (non-hydrogen) atoms. The van der Waals surface area contributed by atoms with Crippen molar-refractivity contribution < 1.29 is 8.81 Å². The summed E-state index contributed by atoms with van der Waals surface area (Å²) < 4.78 is 20.8. The van der Waals surface area contributed by atoms with Crippen LogP contribution in [0.5, 0.6) is 0 Å². The molecule has 2 aromatic carbocycles. The number of hydrogen-bond donors (Lipinski definition) is 1. The summed E-state index contributed by atoms with van der Waals surface area (Å²) in [6.07, 6.45) is 2.34. The molecule has 3 aromatic heterocycles. The van der Waals surface area contributed by atoms with Crippen LogP contribution in [0.1, 0.15) is 53.2 Å². The normalized spacial score (nSPS) is 12.5. The summed E-state index contributed by atoms with van der Waals surface area (Å²) in [7, 11) is 0. The highest BCUT2D eigenvalue weighted by molar-refractivity contribution is 5.85. The molecule has 5 aromatic rings. The fourth-order valence-electron chi connectivity index (χ4n) is 4.76. The average molecular weight is 501 g/mol. The quantitative estimate of drug-likeness (QED) is 0.304. The third kappa shape index (κ3) is 5.22. The molecule has 0 saturated heterocycles. The van der Waals surface area contributed by atoms with Gasteiger partial charge in [-0.1, -0.05) is 31.2 Å². The molecule has 0 aliphatic heterocycles. The molecule has 0 amide bonds. The van der Waals surface area contributed by atoms with E-state index in [2.05, 4.69) is 38.4 Å². The van der Waals surface area contributed by atoms with Crippen LogP contribution < -0.4 is 5.56 Å². The van der Waals surface area contributed by atoms with Crippen LogP contribution in [-0.4, -0.2) is 30.1 Å². The van der Waals surface area contributed by atoms with Crippen molar-refractivity contribution in [1.29, 1.82) is 0 Å². The molecule has 5 rings (SSSR count). The van der Waals surface area contributed by atoms with Gasteiger partial charge in [-0.3, -0.25) is 9.69 Å². The number of hydrogen-bond acceptors (Lipinski definition) is 6. The lowest BCUT2D eigenvalue weighted by molar-refractivity contribution is 0.149. The minimum absolute atomic E-state index is 0.119. The van der Waals surface area contributed by atoms with Crippen LogP contribution in [0, 0.1) is 19.7 Å². The second kappa shape index (κ2) is 10.5. The van der Waals surface area contributed by atoms with Gasteiger partial charge in [-0.25, -0.2) is 9.07 Å².